The molecule has 0 spiro atoms. The summed E-state index contributed by atoms with van der Waals surface area (Å²) in [4.78, 5) is 3.57. The first kappa shape index (κ1) is 20.9. The van der Waals surface area contributed by atoms with Gasteiger partial charge in [0.05, 0.1) is 10.6 Å². The molecule has 28 heavy (non-hydrogen) atoms. The quantitative estimate of drug-likeness (QED) is 0.480. The Labute approximate surface area is 168 Å². The molecule has 1 aliphatic rings. The van der Waals surface area contributed by atoms with E-state index in [0.29, 0.717) is 6.54 Å². The van der Waals surface area contributed by atoms with Crippen LogP contribution in [0.2, 0.25) is 0 Å². The van der Waals surface area contributed by atoms with E-state index in [1.807, 2.05) is 6.92 Å². The Hall–Kier alpha value is -1.82. The fraction of sp³-hybridized carbons (Fsp3) is 0.529. The molecule has 6 N–H and O–H groups in total. The average Bonchev–Trinajstić information content (AvgIpc) is 3.09. The van der Waals surface area contributed by atoms with Crippen molar-refractivity contribution in [3.8, 4) is 0 Å². The van der Waals surface area contributed by atoms with Gasteiger partial charge in [0, 0.05) is 29.7 Å². The van der Waals surface area contributed by atoms with Crippen LogP contribution in [0.1, 0.15) is 32.6 Å². The van der Waals surface area contributed by atoms with Crippen LogP contribution in [0, 0.1) is 11.7 Å². The van der Waals surface area contributed by atoms with Crippen LogP contribution < -0.4 is 21.5 Å². The lowest BCUT2D eigenvalue weighted by atomic mass is 9.71. The summed E-state index contributed by atoms with van der Waals surface area (Å²) >= 11 is 0.897. The Kier molecular flexibility index (Phi) is 6.18. The molecule has 0 amide bonds. The average molecular weight is 429 g/mol. The second kappa shape index (κ2) is 8.27. The summed E-state index contributed by atoms with van der Waals surface area (Å²) in [6.45, 7) is 2.38. The molecule has 8 nitrogen and oxygen atoms in total. The highest BCUT2D eigenvalue weighted by atomic mass is 32.2. The molecule has 1 heterocycles. The van der Waals surface area contributed by atoms with Crippen molar-refractivity contribution in [3.05, 3.63) is 30.3 Å². The van der Waals surface area contributed by atoms with Crippen LogP contribution in [0.3, 0.4) is 0 Å². The molecule has 154 valence electrons. The van der Waals surface area contributed by atoms with Crippen LogP contribution in [0.25, 0.3) is 0 Å². The molecule has 2 unspecified atom stereocenters. The molecule has 0 aliphatic heterocycles. The molecule has 1 fully saturated rings. The normalized spacial score (nSPS) is 18.1. The highest BCUT2D eigenvalue weighted by molar-refractivity contribution is 7.93. The minimum Gasteiger partial charge on any atom is -0.382 e. The van der Waals surface area contributed by atoms with Gasteiger partial charge in [-0.2, -0.15) is 4.37 Å². The number of benzene rings is 1. The number of nitrogens with one attached hydrogen (secondary N) is 2. The molecular formula is C17H25FN6O2S2. The van der Waals surface area contributed by atoms with Crippen LogP contribution in [0.15, 0.2) is 29.4 Å². The predicted molar refractivity (Wildman–Crippen MR) is 108 cm³/mol. The topological polar surface area (TPSA) is 136 Å². The fourth-order valence-electron chi connectivity index (χ4n) is 3.24. The van der Waals surface area contributed by atoms with Gasteiger partial charge in [-0.15, -0.1) is 0 Å². The van der Waals surface area contributed by atoms with E-state index in [2.05, 4.69) is 19.4 Å². The Morgan fingerprint density at radius 1 is 1.39 bits per heavy atom. The third-order valence-electron chi connectivity index (χ3n) is 5.15. The van der Waals surface area contributed by atoms with Gasteiger partial charge < -0.3 is 16.8 Å². The zero-order valence-electron chi connectivity index (χ0n) is 15.6. The van der Waals surface area contributed by atoms with Gasteiger partial charge >= 0.3 is 0 Å². The van der Waals surface area contributed by atoms with Gasteiger partial charge in [0.1, 0.15) is 12.1 Å². The first-order valence-corrected chi connectivity index (χ1v) is 11.3. The summed E-state index contributed by atoms with van der Waals surface area (Å²) in [6, 6.07) is 3.63. The zero-order chi connectivity index (χ0) is 20.4. The van der Waals surface area contributed by atoms with Crippen LogP contribution in [-0.4, -0.2) is 35.9 Å². The molecule has 11 heteroatoms. The minimum atomic E-state index is -3.93. The lowest BCUT2D eigenvalue weighted by Gasteiger charge is -2.41. The van der Waals surface area contributed by atoms with Crippen molar-refractivity contribution in [2.24, 2.45) is 17.4 Å². The van der Waals surface area contributed by atoms with E-state index >= 15 is 0 Å². The number of rotatable bonds is 9. The van der Waals surface area contributed by atoms with Gasteiger partial charge in [-0.25, -0.2) is 17.8 Å². The molecule has 0 radical (unpaired) electrons. The lowest BCUT2D eigenvalue weighted by Crippen LogP contribution is -2.50. The van der Waals surface area contributed by atoms with E-state index in [9.17, 15) is 12.8 Å². The number of hydrogen-bond donors (Lipinski definition) is 4. The van der Waals surface area contributed by atoms with Crippen LogP contribution in [-0.2, 0) is 10.0 Å². The number of nitrogens with two attached hydrogens (primary N) is 2. The van der Waals surface area contributed by atoms with Crippen LogP contribution in [0.5, 0.6) is 0 Å². The number of sulfonamides is 1. The maximum absolute atomic E-state index is 14.5. The standard InChI is InChI=1S/C17H25FN6O2S2/c1-11(19)12(8-17(20)5-2-6-17)9-21-15-4-3-13(7-14(15)18)28(25,26)24-16-22-10-23-27-16/h3-4,7,10-12,21H,2,5-6,8-9,19-20H2,1H3,(H,22,23,24). The Morgan fingerprint density at radius 2 is 2.14 bits per heavy atom. The molecule has 1 aromatic heterocycles. The summed E-state index contributed by atoms with van der Waals surface area (Å²) in [5.41, 5.74) is 12.5. The molecule has 0 saturated heterocycles. The minimum absolute atomic E-state index is 0.0900. The number of hydrogen-bond acceptors (Lipinski definition) is 8. The van der Waals surface area contributed by atoms with Crippen LogP contribution >= 0.6 is 11.5 Å². The molecule has 2 atom stereocenters. The first-order valence-electron chi connectivity index (χ1n) is 9.06. The van der Waals surface area contributed by atoms with Gasteiger partial charge in [-0.05, 0) is 56.7 Å². The highest BCUT2D eigenvalue weighted by Gasteiger charge is 2.35. The van der Waals surface area contributed by atoms with E-state index in [1.54, 1.807) is 0 Å². The maximum atomic E-state index is 14.5. The third-order valence-corrected chi connectivity index (χ3v) is 7.20. The van der Waals surface area contributed by atoms with Crippen molar-refractivity contribution in [1.82, 2.24) is 9.36 Å². The van der Waals surface area contributed by atoms with Crippen molar-refractivity contribution >= 4 is 32.4 Å². The second-order valence-corrected chi connectivity index (χ2v) is 9.88. The second-order valence-electron chi connectivity index (χ2n) is 7.41. The van der Waals surface area contributed by atoms with Crippen molar-refractivity contribution in [2.75, 3.05) is 16.6 Å². The van der Waals surface area contributed by atoms with E-state index in [1.165, 1.54) is 18.5 Å². The van der Waals surface area contributed by atoms with Gasteiger partial charge in [-0.1, -0.05) is 0 Å². The molecular weight excluding hydrogens is 403 g/mol. The summed E-state index contributed by atoms with van der Waals surface area (Å²) in [5, 5.41) is 3.16. The molecule has 1 aliphatic carbocycles. The SMILES string of the molecule is CC(N)C(CNc1ccc(S(=O)(=O)Nc2ncns2)cc1F)CC1(N)CCC1. The maximum Gasteiger partial charge on any atom is 0.263 e. The number of anilines is 2. The lowest BCUT2D eigenvalue weighted by molar-refractivity contribution is 0.189. The molecule has 1 aromatic carbocycles. The predicted octanol–water partition coefficient (Wildman–Crippen LogP) is 2.12. The van der Waals surface area contributed by atoms with E-state index in [0.717, 1.165) is 43.3 Å². The van der Waals surface area contributed by atoms with Crippen molar-refractivity contribution in [1.29, 1.82) is 0 Å². The monoisotopic (exact) mass is 428 g/mol. The zero-order valence-corrected chi connectivity index (χ0v) is 17.2. The van der Waals surface area contributed by atoms with E-state index in [4.69, 9.17) is 11.5 Å². The summed E-state index contributed by atoms with van der Waals surface area (Å²) < 4.78 is 45.1. The van der Waals surface area contributed by atoms with Gasteiger partial charge in [0.25, 0.3) is 10.0 Å². The highest BCUT2D eigenvalue weighted by Crippen LogP contribution is 2.35. The number of halogens is 1. The van der Waals surface area contributed by atoms with Crippen molar-refractivity contribution in [3.63, 3.8) is 0 Å². The van der Waals surface area contributed by atoms with Crippen molar-refractivity contribution < 1.29 is 12.8 Å². The smallest absolute Gasteiger partial charge is 0.263 e. The number of aromatic nitrogens is 2. The van der Waals surface area contributed by atoms with Crippen molar-refractivity contribution in [2.45, 2.75) is 49.1 Å². The largest absolute Gasteiger partial charge is 0.382 e. The van der Waals surface area contributed by atoms with E-state index in [-0.39, 0.29) is 33.2 Å². The molecule has 1 saturated carbocycles. The molecule has 2 aromatic rings. The third kappa shape index (κ3) is 4.96. The molecule has 3 rings (SSSR count). The Morgan fingerprint density at radius 3 is 2.68 bits per heavy atom. The molecule has 0 bridgehead atoms. The summed E-state index contributed by atoms with van der Waals surface area (Å²) in [6.07, 6.45) is 5.11. The summed E-state index contributed by atoms with van der Waals surface area (Å²) in [5.74, 6) is -0.568. The Bertz CT molecular complexity index is 900. The van der Waals surface area contributed by atoms with E-state index < -0.39 is 15.8 Å². The van der Waals surface area contributed by atoms with Crippen LogP contribution in [0.4, 0.5) is 15.2 Å². The van der Waals surface area contributed by atoms with Gasteiger partial charge in [-0.3, -0.25) is 4.72 Å². The fourth-order valence-corrected chi connectivity index (χ4v) is 4.91. The Balaban J connectivity index is 1.66. The van der Waals surface area contributed by atoms with Gasteiger partial charge in [0.15, 0.2) is 0 Å². The summed E-state index contributed by atoms with van der Waals surface area (Å²) in [7, 11) is -3.93. The number of nitrogens with zero attached hydrogens (tertiary/aromatic N) is 2. The van der Waals surface area contributed by atoms with Gasteiger partial charge in [0.2, 0.25) is 5.13 Å². The first-order chi connectivity index (χ1) is 13.2.